The molecule has 0 fully saturated rings. The molecule has 1 aromatic heterocycles. The highest BCUT2D eigenvalue weighted by molar-refractivity contribution is 5.98. The second-order valence-electron chi connectivity index (χ2n) is 5.70. The van der Waals surface area contributed by atoms with Crippen LogP contribution in [0.3, 0.4) is 0 Å². The Morgan fingerprint density at radius 1 is 1.09 bits per heavy atom. The summed E-state index contributed by atoms with van der Waals surface area (Å²) in [4.78, 5) is 12.0. The van der Waals surface area contributed by atoms with Gasteiger partial charge in [-0.25, -0.2) is 0 Å². The number of nitrogens with zero attached hydrogens (tertiary/aromatic N) is 1. The van der Waals surface area contributed by atoms with E-state index in [-0.39, 0.29) is 5.78 Å². The van der Waals surface area contributed by atoms with Gasteiger partial charge in [0.05, 0.1) is 14.2 Å². The molecule has 2 aromatic rings. The van der Waals surface area contributed by atoms with Crippen LogP contribution < -0.4 is 9.47 Å². The second kappa shape index (κ2) is 5.87. The zero-order chi connectivity index (χ0) is 15.7. The Labute approximate surface area is 130 Å². The Morgan fingerprint density at radius 3 is 2.59 bits per heavy atom. The van der Waals surface area contributed by atoms with Gasteiger partial charge in [-0.2, -0.15) is 0 Å². The number of hydrogen-bond donors (Lipinski definition) is 0. The van der Waals surface area contributed by atoms with Crippen LogP contribution in [0.4, 0.5) is 0 Å². The number of rotatable bonds is 4. The van der Waals surface area contributed by atoms with E-state index in [9.17, 15) is 4.79 Å². The zero-order valence-electron chi connectivity index (χ0n) is 13.3. The van der Waals surface area contributed by atoms with E-state index < -0.39 is 0 Å². The smallest absolute Gasteiger partial charge is 0.164 e. The molecule has 0 saturated heterocycles. The van der Waals surface area contributed by atoms with Gasteiger partial charge in [0.25, 0.3) is 0 Å². The molecule has 1 aliphatic rings. The van der Waals surface area contributed by atoms with E-state index in [0.29, 0.717) is 6.42 Å². The minimum absolute atomic E-state index is 0.274. The average molecular weight is 299 g/mol. The predicted octanol–water partition coefficient (Wildman–Crippen LogP) is 3.38. The van der Waals surface area contributed by atoms with Crippen molar-refractivity contribution in [1.29, 1.82) is 0 Å². The van der Waals surface area contributed by atoms with Crippen LogP contribution in [-0.4, -0.2) is 24.6 Å². The van der Waals surface area contributed by atoms with Crippen molar-refractivity contribution in [2.75, 3.05) is 14.2 Å². The Balaban J connectivity index is 1.95. The Kier molecular flexibility index (Phi) is 3.92. The van der Waals surface area contributed by atoms with Crippen LogP contribution in [0.2, 0.25) is 0 Å². The summed E-state index contributed by atoms with van der Waals surface area (Å²) in [7, 11) is 3.28. The van der Waals surface area contributed by atoms with Crippen molar-refractivity contribution in [3.63, 3.8) is 0 Å². The van der Waals surface area contributed by atoms with E-state index in [0.717, 1.165) is 47.7 Å². The molecule has 0 spiro atoms. The van der Waals surface area contributed by atoms with Gasteiger partial charge in [-0.15, -0.1) is 0 Å². The van der Waals surface area contributed by atoms with Gasteiger partial charge < -0.3 is 14.0 Å². The summed E-state index contributed by atoms with van der Waals surface area (Å²) in [5.41, 5.74) is 4.35. The molecule has 116 valence electrons. The molecule has 1 aliphatic carbocycles. The van der Waals surface area contributed by atoms with Gasteiger partial charge in [0.1, 0.15) is 0 Å². The fourth-order valence-corrected chi connectivity index (χ4v) is 3.17. The Bertz CT molecular complexity index is 715. The number of carbonyl (C=O) groups excluding carboxylic acids is 1. The number of benzene rings is 1. The van der Waals surface area contributed by atoms with Gasteiger partial charge in [0.15, 0.2) is 17.3 Å². The molecule has 4 heteroatoms. The van der Waals surface area contributed by atoms with Crippen LogP contribution in [0.15, 0.2) is 24.3 Å². The van der Waals surface area contributed by atoms with Crippen molar-refractivity contribution in [2.24, 2.45) is 0 Å². The van der Waals surface area contributed by atoms with Gasteiger partial charge >= 0.3 is 0 Å². The topological polar surface area (TPSA) is 40.5 Å². The fourth-order valence-electron chi connectivity index (χ4n) is 3.17. The van der Waals surface area contributed by atoms with E-state index in [1.54, 1.807) is 14.2 Å². The van der Waals surface area contributed by atoms with Crippen molar-refractivity contribution in [3.8, 4) is 11.5 Å². The molecule has 0 N–H and O–H groups in total. The largest absolute Gasteiger partial charge is 0.493 e. The minimum atomic E-state index is 0.274. The summed E-state index contributed by atoms with van der Waals surface area (Å²) in [5, 5.41) is 0. The highest BCUT2D eigenvalue weighted by Crippen LogP contribution is 2.30. The van der Waals surface area contributed by atoms with E-state index in [4.69, 9.17) is 9.47 Å². The van der Waals surface area contributed by atoms with E-state index in [1.165, 1.54) is 5.69 Å². The van der Waals surface area contributed by atoms with E-state index in [1.807, 2.05) is 24.3 Å². The summed E-state index contributed by atoms with van der Waals surface area (Å²) in [6, 6.07) is 7.98. The molecule has 22 heavy (non-hydrogen) atoms. The number of ketones is 1. The second-order valence-corrected chi connectivity index (χ2v) is 5.70. The fraction of sp³-hybridized carbons (Fsp3) is 0.389. The van der Waals surface area contributed by atoms with E-state index in [2.05, 4.69) is 11.5 Å². The first-order valence-electron chi connectivity index (χ1n) is 7.57. The van der Waals surface area contributed by atoms with Crippen LogP contribution >= 0.6 is 0 Å². The molecular weight excluding hydrogens is 278 g/mol. The molecule has 0 amide bonds. The number of ether oxygens (including phenoxy) is 2. The first-order chi connectivity index (χ1) is 10.6. The first-order valence-corrected chi connectivity index (χ1v) is 7.57. The quantitative estimate of drug-likeness (QED) is 0.869. The zero-order valence-corrected chi connectivity index (χ0v) is 13.3. The van der Waals surface area contributed by atoms with Crippen molar-refractivity contribution in [3.05, 3.63) is 46.8 Å². The number of hydrogen-bond acceptors (Lipinski definition) is 3. The summed E-state index contributed by atoms with van der Waals surface area (Å²) in [6.45, 7) is 2.81. The lowest BCUT2D eigenvalue weighted by atomic mass is 9.96. The molecule has 4 nitrogen and oxygen atoms in total. The first kappa shape index (κ1) is 14.7. The number of carbonyl (C=O) groups is 1. The number of aromatic nitrogens is 1. The third-order valence-electron chi connectivity index (χ3n) is 4.32. The molecule has 0 saturated carbocycles. The lowest BCUT2D eigenvalue weighted by molar-refractivity contribution is 0.0972. The summed E-state index contributed by atoms with van der Waals surface area (Å²) in [6.07, 6.45) is 2.59. The molecule has 3 rings (SSSR count). The summed E-state index contributed by atoms with van der Waals surface area (Å²) < 4.78 is 12.9. The van der Waals surface area contributed by atoms with Crippen molar-refractivity contribution in [2.45, 2.75) is 32.7 Å². The maximum absolute atomic E-state index is 12.0. The number of fused-ring (bicyclic) bond motifs is 1. The van der Waals surface area contributed by atoms with Crippen LogP contribution in [0.5, 0.6) is 11.5 Å². The lowest BCUT2D eigenvalue weighted by Gasteiger charge is -2.17. The molecule has 0 aliphatic heterocycles. The molecule has 0 bridgehead atoms. The van der Waals surface area contributed by atoms with Crippen molar-refractivity contribution < 1.29 is 14.3 Å². The van der Waals surface area contributed by atoms with Crippen LogP contribution in [-0.2, 0) is 13.0 Å². The third-order valence-corrected chi connectivity index (χ3v) is 4.32. The predicted molar refractivity (Wildman–Crippen MR) is 85.1 cm³/mol. The Morgan fingerprint density at radius 2 is 1.86 bits per heavy atom. The molecule has 0 radical (unpaired) electrons. The van der Waals surface area contributed by atoms with Gasteiger partial charge in [-0.05, 0) is 43.5 Å². The van der Waals surface area contributed by atoms with E-state index >= 15 is 0 Å². The monoisotopic (exact) mass is 299 g/mol. The van der Waals surface area contributed by atoms with Crippen LogP contribution in [0, 0.1) is 6.92 Å². The van der Waals surface area contributed by atoms with Gasteiger partial charge in [-0.3, -0.25) is 4.79 Å². The van der Waals surface area contributed by atoms with Crippen LogP contribution in [0.1, 0.15) is 40.2 Å². The number of aryl methyl sites for hydroxylation is 1. The van der Waals surface area contributed by atoms with Crippen molar-refractivity contribution in [1.82, 2.24) is 4.57 Å². The number of methoxy groups -OCH3 is 2. The van der Waals surface area contributed by atoms with Crippen LogP contribution in [0.25, 0.3) is 0 Å². The van der Waals surface area contributed by atoms with Gasteiger partial charge in [0.2, 0.25) is 0 Å². The lowest BCUT2D eigenvalue weighted by Crippen LogP contribution is -2.14. The standard InChI is InChI=1S/C18H21NO3/c1-12-9-14-15(5-4-6-16(14)20)19(12)11-13-7-8-17(21-2)18(10-13)22-3/h7-10H,4-6,11H2,1-3H3. The third kappa shape index (κ3) is 2.49. The molecule has 1 aromatic carbocycles. The molecule has 0 unspecified atom stereocenters. The average Bonchev–Trinajstić information content (AvgIpc) is 2.85. The maximum atomic E-state index is 12.0. The Hall–Kier alpha value is -2.23. The SMILES string of the molecule is COc1ccc(Cn2c(C)cc3c2CCCC3=O)cc1OC. The summed E-state index contributed by atoms with van der Waals surface area (Å²) >= 11 is 0. The normalized spacial score (nSPS) is 13.9. The molecule has 1 heterocycles. The highest BCUT2D eigenvalue weighted by Gasteiger charge is 2.22. The van der Waals surface area contributed by atoms with Gasteiger partial charge in [-0.1, -0.05) is 6.07 Å². The van der Waals surface area contributed by atoms with Gasteiger partial charge in [0, 0.05) is 29.9 Å². The minimum Gasteiger partial charge on any atom is -0.493 e. The molecule has 0 atom stereocenters. The van der Waals surface area contributed by atoms with Crippen molar-refractivity contribution >= 4 is 5.78 Å². The molecular formula is C18H21NO3. The summed E-state index contributed by atoms with van der Waals surface area (Å²) in [5.74, 6) is 1.73. The highest BCUT2D eigenvalue weighted by atomic mass is 16.5. The maximum Gasteiger partial charge on any atom is 0.164 e. The number of Topliss-reactive ketones (excluding diaryl/α,β-unsaturated/α-hetero) is 1.